The zero-order valence-corrected chi connectivity index (χ0v) is 9.59. The lowest BCUT2D eigenvalue weighted by molar-refractivity contribution is 0.0696. The normalized spacial score (nSPS) is 25.6. The Bertz CT molecular complexity index is 373. The SMILES string of the molecule is CCC1CCCC(n2cc(C(=O)O)cn2)C1. The fraction of sp³-hybridized carbons (Fsp3) is 0.667. The van der Waals surface area contributed by atoms with E-state index in [0.29, 0.717) is 11.6 Å². The van der Waals surface area contributed by atoms with Gasteiger partial charge in [0.05, 0.1) is 17.8 Å². The van der Waals surface area contributed by atoms with E-state index in [2.05, 4.69) is 12.0 Å². The van der Waals surface area contributed by atoms with Crippen molar-refractivity contribution in [2.45, 2.75) is 45.1 Å². The van der Waals surface area contributed by atoms with Gasteiger partial charge < -0.3 is 5.11 Å². The zero-order valence-electron chi connectivity index (χ0n) is 9.59. The van der Waals surface area contributed by atoms with E-state index in [0.717, 1.165) is 18.8 Å². The number of nitrogens with zero attached hydrogens (tertiary/aromatic N) is 2. The van der Waals surface area contributed by atoms with Gasteiger partial charge in [0.15, 0.2) is 0 Å². The van der Waals surface area contributed by atoms with E-state index in [1.165, 1.54) is 25.5 Å². The lowest BCUT2D eigenvalue weighted by Crippen LogP contribution is -2.19. The highest BCUT2D eigenvalue weighted by atomic mass is 16.4. The van der Waals surface area contributed by atoms with Gasteiger partial charge in [-0.05, 0) is 18.8 Å². The average Bonchev–Trinajstić information content (AvgIpc) is 2.78. The molecule has 0 aliphatic heterocycles. The standard InChI is InChI=1S/C12H18N2O2/c1-2-9-4-3-5-11(6-9)14-8-10(7-13-14)12(15)16/h7-9,11H,2-6H2,1H3,(H,15,16). The van der Waals surface area contributed by atoms with E-state index in [1.807, 2.05) is 4.68 Å². The van der Waals surface area contributed by atoms with E-state index >= 15 is 0 Å². The van der Waals surface area contributed by atoms with Gasteiger partial charge in [-0.15, -0.1) is 0 Å². The Morgan fingerprint density at radius 3 is 3.06 bits per heavy atom. The predicted molar refractivity (Wildman–Crippen MR) is 60.5 cm³/mol. The van der Waals surface area contributed by atoms with Crippen LogP contribution in [0.15, 0.2) is 12.4 Å². The van der Waals surface area contributed by atoms with Crippen LogP contribution in [0.4, 0.5) is 0 Å². The summed E-state index contributed by atoms with van der Waals surface area (Å²) in [6.45, 7) is 2.22. The Morgan fingerprint density at radius 2 is 2.44 bits per heavy atom. The number of hydrogen-bond acceptors (Lipinski definition) is 2. The van der Waals surface area contributed by atoms with Gasteiger partial charge in [0.1, 0.15) is 0 Å². The first-order valence-electron chi connectivity index (χ1n) is 5.98. The molecule has 1 fully saturated rings. The largest absolute Gasteiger partial charge is 0.478 e. The first-order valence-corrected chi connectivity index (χ1v) is 5.98. The van der Waals surface area contributed by atoms with E-state index in [1.54, 1.807) is 6.20 Å². The topological polar surface area (TPSA) is 55.1 Å². The van der Waals surface area contributed by atoms with E-state index in [9.17, 15) is 4.79 Å². The minimum atomic E-state index is -0.894. The average molecular weight is 222 g/mol. The van der Waals surface area contributed by atoms with Crippen molar-refractivity contribution in [3.05, 3.63) is 18.0 Å². The number of carboxylic acid groups (broad SMARTS) is 1. The summed E-state index contributed by atoms with van der Waals surface area (Å²) in [7, 11) is 0. The molecule has 4 nitrogen and oxygen atoms in total. The summed E-state index contributed by atoms with van der Waals surface area (Å²) in [6.07, 6.45) is 9.10. The van der Waals surface area contributed by atoms with Crippen LogP contribution >= 0.6 is 0 Å². The van der Waals surface area contributed by atoms with Crippen LogP contribution in [0.1, 0.15) is 55.4 Å². The molecule has 0 radical (unpaired) electrons. The molecule has 2 rings (SSSR count). The number of aromatic nitrogens is 2. The molecule has 1 aliphatic carbocycles. The number of rotatable bonds is 3. The molecule has 1 aliphatic rings. The van der Waals surface area contributed by atoms with Crippen molar-refractivity contribution in [2.24, 2.45) is 5.92 Å². The van der Waals surface area contributed by atoms with Crippen LogP contribution in [0.3, 0.4) is 0 Å². The second-order valence-corrected chi connectivity index (χ2v) is 4.61. The van der Waals surface area contributed by atoms with Crippen LogP contribution in [0.5, 0.6) is 0 Å². The third-order valence-electron chi connectivity index (χ3n) is 3.56. The van der Waals surface area contributed by atoms with E-state index in [-0.39, 0.29) is 0 Å². The zero-order chi connectivity index (χ0) is 11.5. The minimum absolute atomic E-state index is 0.290. The molecule has 0 bridgehead atoms. The highest BCUT2D eigenvalue weighted by molar-refractivity contribution is 5.86. The number of hydrogen-bond donors (Lipinski definition) is 1. The molecule has 4 heteroatoms. The molecule has 16 heavy (non-hydrogen) atoms. The van der Waals surface area contributed by atoms with Crippen LogP contribution in [-0.2, 0) is 0 Å². The summed E-state index contributed by atoms with van der Waals surface area (Å²) in [5, 5.41) is 13.0. The summed E-state index contributed by atoms with van der Waals surface area (Å²) in [4.78, 5) is 10.8. The molecule has 2 unspecified atom stereocenters. The van der Waals surface area contributed by atoms with Gasteiger partial charge in [0, 0.05) is 6.20 Å². The van der Waals surface area contributed by atoms with Crippen molar-refractivity contribution in [3.8, 4) is 0 Å². The molecule has 0 aromatic carbocycles. The summed E-state index contributed by atoms with van der Waals surface area (Å²) in [5.41, 5.74) is 0.290. The van der Waals surface area contributed by atoms with Gasteiger partial charge in [0.25, 0.3) is 0 Å². The molecule has 0 spiro atoms. The molecule has 1 heterocycles. The Hall–Kier alpha value is -1.32. The third kappa shape index (κ3) is 2.26. The lowest BCUT2D eigenvalue weighted by Gasteiger charge is -2.28. The van der Waals surface area contributed by atoms with Crippen molar-refractivity contribution < 1.29 is 9.90 Å². The minimum Gasteiger partial charge on any atom is -0.478 e. The van der Waals surface area contributed by atoms with Crippen molar-refractivity contribution in [3.63, 3.8) is 0 Å². The molecule has 1 saturated carbocycles. The van der Waals surface area contributed by atoms with Gasteiger partial charge in [-0.3, -0.25) is 4.68 Å². The van der Waals surface area contributed by atoms with Crippen LogP contribution in [0.2, 0.25) is 0 Å². The Morgan fingerprint density at radius 1 is 1.62 bits per heavy atom. The van der Waals surface area contributed by atoms with Crippen LogP contribution in [-0.4, -0.2) is 20.9 Å². The van der Waals surface area contributed by atoms with Gasteiger partial charge in [0.2, 0.25) is 0 Å². The summed E-state index contributed by atoms with van der Waals surface area (Å²) in [6, 6.07) is 0.395. The molecule has 0 saturated heterocycles. The Kier molecular flexibility index (Phi) is 3.27. The van der Waals surface area contributed by atoms with Crippen molar-refractivity contribution in [2.75, 3.05) is 0 Å². The smallest absolute Gasteiger partial charge is 0.338 e. The first kappa shape index (κ1) is 11.2. The molecule has 2 atom stereocenters. The fourth-order valence-electron chi connectivity index (χ4n) is 2.52. The monoisotopic (exact) mass is 222 g/mol. The molecule has 1 N–H and O–H groups in total. The molecule has 0 amide bonds. The highest BCUT2D eigenvalue weighted by Gasteiger charge is 2.23. The van der Waals surface area contributed by atoms with Crippen molar-refractivity contribution in [1.29, 1.82) is 0 Å². The number of carboxylic acids is 1. The maximum Gasteiger partial charge on any atom is 0.338 e. The summed E-state index contributed by atoms with van der Waals surface area (Å²) < 4.78 is 1.84. The highest BCUT2D eigenvalue weighted by Crippen LogP contribution is 2.33. The van der Waals surface area contributed by atoms with E-state index < -0.39 is 5.97 Å². The maximum absolute atomic E-state index is 10.8. The Balaban J connectivity index is 2.08. The van der Waals surface area contributed by atoms with Gasteiger partial charge in [-0.2, -0.15) is 5.10 Å². The van der Waals surface area contributed by atoms with Gasteiger partial charge >= 0.3 is 5.97 Å². The van der Waals surface area contributed by atoms with Crippen molar-refractivity contribution >= 4 is 5.97 Å². The quantitative estimate of drug-likeness (QED) is 0.855. The summed E-state index contributed by atoms with van der Waals surface area (Å²) >= 11 is 0. The molecule has 1 aromatic rings. The lowest BCUT2D eigenvalue weighted by atomic mass is 9.84. The molecule has 88 valence electrons. The fourth-order valence-corrected chi connectivity index (χ4v) is 2.52. The second-order valence-electron chi connectivity index (χ2n) is 4.61. The molecule has 1 aromatic heterocycles. The van der Waals surface area contributed by atoms with Gasteiger partial charge in [-0.25, -0.2) is 4.79 Å². The number of aromatic carboxylic acids is 1. The molecular formula is C12H18N2O2. The first-order chi connectivity index (χ1) is 7.70. The van der Waals surface area contributed by atoms with Gasteiger partial charge in [-0.1, -0.05) is 26.2 Å². The number of carbonyl (C=O) groups is 1. The van der Waals surface area contributed by atoms with Crippen LogP contribution < -0.4 is 0 Å². The Labute approximate surface area is 95.3 Å². The van der Waals surface area contributed by atoms with E-state index in [4.69, 9.17) is 5.11 Å². The maximum atomic E-state index is 10.8. The van der Waals surface area contributed by atoms with Crippen molar-refractivity contribution in [1.82, 2.24) is 9.78 Å². The summed E-state index contributed by atoms with van der Waals surface area (Å²) in [5.74, 6) is -0.120. The third-order valence-corrected chi connectivity index (χ3v) is 3.56. The van der Waals surface area contributed by atoms with Crippen LogP contribution in [0.25, 0.3) is 0 Å². The predicted octanol–water partition coefficient (Wildman–Crippen LogP) is 2.72. The van der Waals surface area contributed by atoms with Crippen LogP contribution in [0, 0.1) is 5.92 Å². The second kappa shape index (κ2) is 4.68. The molecular weight excluding hydrogens is 204 g/mol.